The lowest BCUT2D eigenvalue weighted by molar-refractivity contribution is 0.667. The Morgan fingerprint density at radius 3 is 2.35 bits per heavy atom. The monoisotopic (exact) mass is 659 g/mol. The maximum absolute atomic E-state index is 6.69. The van der Waals surface area contributed by atoms with Crippen LogP contribution in [0.3, 0.4) is 0 Å². The van der Waals surface area contributed by atoms with E-state index in [9.17, 15) is 0 Å². The first-order valence-corrected chi connectivity index (χ1v) is 17.0. The number of allylic oxidation sites excluding steroid dienone is 9. The van der Waals surface area contributed by atoms with E-state index in [1.54, 1.807) is 0 Å². The predicted octanol–water partition coefficient (Wildman–Crippen LogP) is 10.9. The quantitative estimate of drug-likeness (QED) is 0.0726. The van der Waals surface area contributed by atoms with Crippen LogP contribution in [-0.2, 0) is 6.54 Å². The molecule has 51 heavy (non-hydrogen) atoms. The van der Waals surface area contributed by atoms with Gasteiger partial charge in [0.1, 0.15) is 17.0 Å². The van der Waals surface area contributed by atoms with E-state index in [4.69, 9.17) is 20.1 Å². The van der Waals surface area contributed by atoms with Gasteiger partial charge in [-0.05, 0) is 59.1 Å². The maximum atomic E-state index is 6.69. The molecular formula is C47H37N3O. The second-order valence-corrected chi connectivity index (χ2v) is 12.2. The predicted molar refractivity (Wildman–Crippen MR) is 214 cm³/mol. The van der Waals surface area contributed by atoms with Crippen molar-refractivity contribution < 1.29 is 4.42 Å². The fourth-order valence-electron chi connectivity index (χ4n) is 6.12. The SMILES string of the molecule is C=C(/C=C(\C=C/C)c1cccc2c1oc1cc(C(/N=C(\N)c3ccccc3)=N/Cc3ccccc3)ccc12)C1=CC(c2ccccc2)=CCC#C1. The van der Waals surface area contributed by atoms with Crippen molar-refractivity contribution in [1.29, 1.82) is 0 Å². The summed E-state index contributed by atoms with van der Waals surface area (Å²) < 4.78 is 6.69. The molecule has 6 aromatic rings. The van der Waals surface area contributed by atoms with Crippen LogP contribution >= 0.6 is 0 Å². The van der Waals surface area contributed by atoms with Crippen molar-refractivity contribution in [2.75, 3.05) is 0 Å². The van der Waals surface area contributed by atoms with E-state index in [1.165, 1.54) is 0 Å². The van der Waals surface area contributed by atoms with E-state index in [2.05, 4.69) is 103 Å². The molecule has 0 fully saturated rings. The number of hydrogen-bond donors (Lipinski definition) is 1. The van der Waals surface area contributed by atoms with Gasteiger partial charge in [0.15, 0.2) is 5.84 Å². The van der Waals surface area contributed by atoms with Crippen LogP contribution in [0.2, 0.25) is 0 Å². The number of hydrogen-bond acceptors (Lipinski definition) is 2. The molecule has 4 nitrogen and oxygen atoms in total. The Kier molecular flexibility index (Phi) is 9.81. The van der Waals surface area contributed by atoms with Crippen molar-refractivity contribution in [3.05, 3.63) is 203 Å². The van der Waals surface area contributed by atoms with E-state index in [-0.39, 0.29) is 0 Å². The molecular weight excluding hydrogens is 623 g/mol. The fraction of sp³-hybridized carbons (Fsp3) is 0.0638. The first kappa shape index (κ1) is 32.8. The summed E-state index contributed by atoms with van der Waals surface area (Å²) in [5.41, 5.74) is 16.7. The van der Waals surface area contributed by atoms with E-state index >= 15 is 0 Å². The number of rotatable bonds is 9. The highest BCUT2D eigenvalue weighted by Gasteiger charge is 2.16. The number of fused-ring (bicyclic) bond motifs is 3. The van der Waals surface area contributed by atoms with Gasteiger partial charge in [0, 0.05) is 39.5 Å². The molecule has 0 aliphatic heterocycles. The molecule has 0 amide bonds. The van der Waals surface area contributed by atoms with Gasteiger partial charge in [0.25, 0.3) is 0 Å². The summed E-state index contributed by atoms with van der Waals surface area (Å²) in [4.78, 5) is 9.75. The zero-order valence-electron chi connectivity index (χ0n) is 28.5. The average molecular weight is 660 g/mol. The second-order valence-electron chi connectivity index (χ2n) is 12.2. The average Bonchev–Trinajstić information content (AvgIpc) is 3.37. The molecule has 0 unspecified atom stereocenters. The number of benzene rings is 5. The van der Waals surface area contributed by atoms with Crippen molar-refractivity contribution in [2.24, 2.45) is 15.7 Å². The molecule has 1 aliphatic carbocycles. The van der Waals surface area contributed by atoms with E-state index in [1.807, 2.05) is 79.7 Å². The molecule has 4 heteroatoms. The third-order valence-corrected chi connectivity index (χ3v) is 8.69. The fourth-order valence-corrected chi connectivity index (χ4v) is 6.12. The molecule has 2 N–H and O–H groups in total. The highest BCUT2D eigenvalue weighted by Crippen LogP contribution is 2.36. The highest BCUT2D eigenvalue weighted by atomic mass is 16.3. The van der Waals surface area contributed by atoms with E-state index in [0.717, 1.165) is 72.0 Å². The molecule has 0 bridgehead atoms. The summed E-state index contributed by atoms with van der Waals surface area (Å²) in [5, 5.41) is 2.03. The van der Waals surface area contributed by atoms with Crippen molar-refractivity contribution in [3.8, 4) is 11.8 Å². The Morgan fingerprint density at radius 1 is 0.843 bits per heavy atom. The molecule has 1 heterocycles. The molecule has 1 aliphatic rings. The lowest BCUT2D eigenvalue weighted by Gasteiger charge is -2.08. The minimum Gasteiger partial charge on any atom is -0.455 e. The minimum absolute atomic E-state index is 0.399. The van der Waals surface area contributed by atoms with E-state index < -0.39 is 0 Å². The number of amidine groups is 2. The number of para-hydroxylation sites is 1. The third-order valence-electron chi connectivity index (χ3n) is 8.69. The largest absolute Gasteiger partial charge is 0.455 e. The number of aliphatic imine (C=N–C) groups is 2. The van der Waals surface area contributed by atoms with Gasteiger partial charge >= 0.3 is 0 Å². The van der Waals surface area contributed by atoms with E-state index in [0.29, 0.717) is 24.6 Å². The first-order chi connectivity index (χ1) is 25.1. The molecule has 1 aromatic heterocycles. The van der Waals surface area contributed by atoms with Gasteiger partial charge in [-0.1, -0.05) is 152 Å². The number of furan rings is 1. The summed E-state index contributed by atoms with van der Waals surface area (Å²) in [7, 11) is 0. The third kappa shape index (κ3) is 7.49. The molecule has 0 saturated heterocycles. The van der Waals surface area contributed by atoms with Crippen LogP contribution in [0, 0.1) is 11.8 Å². The molecule has 0 spiro atoms. The topological polar surface area (TPSA) is 63.9 Å². The van der Waals surface area contributed by atoms with Gasteiger partial charge in [-0.25, -0.2) is 4.99 Å². The molecule has 0 radical (unpaired) electrons. The van der Waals surface area contributed by atoms with Crippen LogP contribution in [0.1, 0.15) is 41.2 Å². The van der Waals surface area contributed by atoms with Crippen molar-refractivity contribution in [2.45, 2.75) is 19.9 Å². The van der Waals surface area contributed by atoms with Crippen molar-refractivity contribution >= 4 is 44.8 Å². The van der Waals surface area contributed by atoms with Crippen LogP contribution in [0.4, 0.5) is 0 Å². The lowest BCUT2D eigenvalue weighted by atomic mass is 9.96. The molecule has 246 valence electrons. The van der Waals surface area contributed by atoms with Gasteiger partial charge in [-0.15, -0.1) is 0 Å². The Bertz CT molecular complexity index is 2480. The van der Waals surface area contributed by atoms with Gasteiger partial charge < -0.3 is 10.2 Å². The maximum Gasteiger partial charge on any atom is 0.157 e. The minimum atomic E-state index is 0.399. The smallest absolute Gasteiger partial charge is 0.157 e. The summed E-state index contributed by atoms with van der Waals surface area (Å²) >= 11 is 0. The Morgan fingerprint density at radius 2 is 1.59 bits per heavy atom. The van der Waals surface area contributed by atoms with Crippen LogP contribution in [0.15, 0.2) is 190 Å². The standard InChI is InChI=1S/C47H37N3O/c1-3-16-39(29-33(2)37-23-13-14-24-38(30-37)35-19-9-5-10-20-35)41-25-15-26-43-42-28-27-40(31-44(42)51-45(41)43)47(49-32-34-17-7-4-8-18-34)50-46(48)36-21-11-6-12-22-36/h3-12,15-22,24-31H,2,14,32H2,1H3,(H2,48,49,50)/b16-3-,39-29+. The van der Waals surface area contributed by atoms with Gasteiger partial charge in [-0.2, -0.15) is 0 Å². The van der Waals surface area contributed by atoms with Gasteiger partial charge in [0.05, 0.1) is 6.54 Å². The Balaban J connectivity index is 1.28. The molecule has 0 saturated carbocycles. The van der Waals surface area contributed by atoms with Gasteiger partial charge in [-0.3, -0.25) is 4.99 Å². The molecule has 7 rings (SSSR count). The summed E-state index contributed by atoms with van der Waals surface area (Å²) in [6.07, 6.45) is 11.2. The highest BCUT2D eigenvalue weighted by molar-refractivity contribution is 6.14. The Labute approximate surface area is 299 Å². The zero-order chi connectivity index (χ0) is 35.0. The molecule has 0 atom stereocenters. The van der Waals surface area contributed by atoms with Crippen molar-refractivity contribution in [3.63, 3.8) is 0 Å². The summed E-state index contributed by atoms with van der Waals surface area (Å²) in [6, 6.07) is 42.6. The zero-order valence-corrected chi connectivity index (χ0v) is 28.5. The lowest BCUT2D eigenvalue weighted by Crippen LogP contribution is -2.16. The number of nitrogens with zero attached hydrogens (tertiary/aromatic N) is 2. The van der Waals surface area contributed by atoms with Gasteiger partial charge in [0.2, 0.25) is 0 Å². The van der Waals surface area contributed by atoms with Crippen LogP contribution < -0.4 is 5.73 Å². The number of nitrogens with two attached hydrogens (primary N) is 1. The normalized spacial score (nSPS) is 13.9. The van der Waals surface area contributed by atoms with Crippen LogP contribution in [0.5, 0.6) is 0 Å². The Hall–Kier alpha value is -6.70. The van der Waals surface area contributed by atoms with Crippen LogP contribution in [-0.4, -0.2) is 11.7 Å². The van der Waals surface area contributed by atoms with Crippen LogP contribution in [0.25, 0.3) is 33.1 Å². The second kappa shape index (κ2) is 15.2. The molecule has 5 aromatic carbocycles. The summed E-state index contributed by atoms with van der Waals surface area (Å²) in [5.74, 6) is 7.55. The summed E-state index contributed by atoms with van der Waals surface area (Å²) in [6.45, 7) is 6.94. The first-order valence-electron chi connectivity index (χ1n) is 17.0. The van der Waals surface area contributed by atoms with Crippen molar-refractivity contribution in [1.82, 2.24) is 0 Å².